The molecule has 0 atom stereocenters. The largest absolute Gasteiger partial charge is 0.380 e. The lowest BCUT2D eigenvalue weighted by Crippen LogP contribution is -2.37. The zero-order chi connectivity index (χ0) is 14.3. The first kappa shape index (κ1) is 19.1. The summed E-state index contributed by atoms with van der Waals surface area (Å²) in [4.78, 5) is 6.30. The Kier molecular flexibility index (Phi) is 9.49. The Morgan fingerprint density at radius 1 is 1.35 bits per heavy atom. The van der Waals surface area contributed by atoms with Crippen molar-refractivity contribution in [2.75, 3.05) is 20.2 Å². The Morgan fingerprint density at radius 3 is 2.55 bits per heavy atom. The maximum absolute atomic E-state index is 13.4. The van der Waals surface area contributed by atoms with Crippen molar-refractivity contribution in [3.05, 3.63) is 35.1 Å². The molecule has 0 spiro atoms. The van der Waals surface area contributed by atoms with Crippen LogP contribution < -0.4 is 5.73 Å². The minimum Gasteiger partial charge on any atom is -0.380 e. The zero-order valence-electron chi connectivity index (χ0n) is 12.2. The fourth-order valence-electron chi connectivity index (χ4n) is 1.81. The second kappa shape index (κ2) is 9.93. The fourth-order valence-corrected chi connectivity index (χ4v) is 1.81. The van der Waals surface area contributed by atoms with E-state index in [1.807, 2.05) is 18.7 Å². The van der Waals surface area contributed by atoms with Gasteiger partial charge in [-0.15, -0.1) is 24.0 Å². The molecule has 6 heteroatoms. The van der Waals surface area contributed by atoms with Crippen LogP contribution in [0, 0.1) is 5.82 Å². The third-order valence-corrected chi connectivity index (χ3v) is 2.92. The lowest BCUT2D eigenvalue weighted by atomic mass is 10.1. The average molecular weight is 395 g/mol. The molecule has 0 aromatic heterocycles. The van der Waals surface area contributed by atoms with E-state index in [9.17, 15) is 4.39 Å². The van der Waals surface area contributed by atoms with Gasteiger partial charge in [-0.25, -0.2) is 9.38 Å². The van der Waals surface area contributed by atoms with E-state index in [1.165, 1.54) is 6.07 Å². The van der Waals surface area contributed by atoms with Crippen molar-refractivity contribution in [3.63, 3.8) is 0 Å². The van der Waals surface area contributed by atoms with E-state index < -0.39 is 0 Å². The molecule has 0 saturated carbocycles. The first-order chi connectivity index (χ1) is 9.12. The normalized spacial score (nSPS) is 11.1. The summed E-state index contributed by atoms with van der Waals surface area (Å²) in [5.41, 5.74) is 7.35. The van der Waals surface area contributed by atoms with Crippen LogP contribution in [0.3, 0.4) is 0 Å². The molecule has 20 heavy (non-hydrogen) atoms. The van der Waals surface area contributed by atoms with Crippen LogP contribution >= 0.6 is 24.0 Å². The first-order valence-electron chi connectivity index (χ1n) is 6.43. The lowest BCUT2D eigenvalue weighted by molar-refractivity contribution is 0.181. The molecular formula is C14H23FIN3O. The van der Waals surface area contributed by atoms with Crippen molar-refractivity contribution in [2.45, 2.75) is 27.0 Å². The summed E-state index contributed by atoms with van der Waals surface area (Å²) in [6, 6.07) is 4.91. The molecule has 0 aliphatic carbocycles. The highest BCUT2D eigenvalue weighted by atomic mass is 127. The number of halogens is 2. The number of methoxy groups -OCH3 is 1. The van der Waals surface area contributed by atoms with Gasteiger partial charge in [0.05, 0.1) is 13.2 Å². The summed E-state index contributed by atoms with van der Waals surface area (Å²) in [5, 5.41) is 0. The molecule has 0 fully saturated rings. The average Bonchev–Trinajstić information content (AvgIpc) is 2.41. The van der Waals surface area contributed by atoms with E-state index >= 15 is 0 Å². The van der Waals surface area contributed by atoms with E-state index in [0.717, 1.165) is 18.7 Å². The number of hydrogen-bond donors (Lipinski definition) is 1. The van der Waals surface area contributed by atoms with Crippen LogP contribution in [0.25, 0.3) is 0 Å². The van der Waals surface area contributed by atoms with Crippen molar-refractivity contribution in [2.24, 2.45) is 10.7 Å². The predicted octanol–water partition coefficient (Wildman–Crippen LogP) is 2.75. The Labute approximate surface area is 137 Å². The van der Waals surface area contributed by atoms with Gasteiger partial charge in [-0.2, -0.15) is 0 Å². The van der Waals surface area contributed by atoms with Gasteiger partial charge in [0.25, 0.3) is 0 Å². The van der Waals surface area contributed by atoms with Crippen LogP contribution in [0.15, 0.2) is 23.2 Å². The monoisotopic (exact) mass is 395 g/mol. The lowest BCUT2D eigenvalue weighted by Gasteiger charge is -2.19. The summed E-state index contributed by atoms with van der Waals surface area (Å²) >= 11 is 0. The second-order valence-corrected chi connectivity index (χ2v) is 4.21. The smallest absolute Gasteiger partial charge is 0.191 e. The topological polar surface area (TPSA) is 50.8 Å². The van der Waals surface area contributed by atoms with Gasteiger partial charge in [0, 0.05) is 25.8 Å². The van der Waals surface area contributed by atoms with Crippen molar-refractivity contribution in [1.29, 1.82) is 0 Å². The van der Waals surface area contributed by atoms with Crippen LogP contribution in [0.1, 0.15) is 25.0 Å². The minimum absolute atomic E-state index is 0. The molecule has 0 bridgehead atoms. The van der Waals surface area contributed by atoms with E-state index in [1.54, 1.807) is 19.2 Å². The molecule has 0 heterocycles. The highest BCUT2D eigenvalue weighted by molar-refractivity contribution is 14.0. The van der Waals surface area contributed by atoms with Crippen LogP contribution in [0.2, 0.25) is 0 Å². The highest BCUT2D eigenvalue weighted by Crippen LogP contribution is 2.12. The summed E-state index contributed by atoms with van der Waals surface area (Å²) < 4.78 is 18.4. The number of guanidine groups is 1. The van der Waals surface area contributed by atoms with E-state index in [-0.39, 0.29) is 36.4 Å². The second-order valence-electron chi connectivity index (χ2n) is 4.21. The molecule has 114 valence electrons. The molecule has 0 aliphatic rings. The number of ether oxygens (including phenoxy) is 1. The zero-order valence-corrected chi connectivity index (χ0v) is 14.6. The van der Waals surface area contributed by atoms with Gasteiger partial charge in [-0.05, 0) is 31.5 Å². The van der Waals surface area contributed by atoms with E-state index in [2.05, 4.69) is 4.99 Å². The van der Waals surface area contributed by atoms with Gasteiger partial charge < -0.3 is 15.4 Å². The Bertz CT molecular complexity index is 436. The molecule has 1 rings (SSSR count). The molecular weight excluding hydrogens is 372 g/mol. The summed E-state index contributed by atoms with van der Waals surface area (Å²) in [7, 11) is 1.54. The van der Waals surface area contributed by atoms with Gasteiger partial charge in [-0.3, -0.25) is 0 Å². The van der Waals surface area contributed by atoms with E-state index in [0.29, 0.717) is 18.1 Å². The standard InChI is InChI=1S/C14H22FN3O.HI/c1-4-18(5-2)14(16)17-9-11-6-7-13(15)12(8-11)10-19-3;/h6-8H,4-5,9-10H2,1-3H3,(H2,16,17);1H. The molecule has 2 N–H and O–H groups in total. The number of aliphatic imine (C=N–C) groups is 1. The molecule has 0 radical (unpaired) electrons. The molecule has 4 nitrogen and oxygen atoms in total. The summed E-state index contributed by atoms with van der Waals surface area (Å²) in [6.45, 7) is 6.41. The Morgan fingerprint density at radius 2 is 2.00 bits per heavy atom. The Hall–Kier alpha value is -0.890. The number of rotatable bonds is 6. The minimum atomic E-state index is -0.258. The molecule has 0 saturated heterocycles. The fraction of sp³-hybridized carbons (Fsp3) is 0.500. The van der Waals surface area contributed by atoms with Crippen LogP contribution in [-0.2, 0) is 17.9 Å². The van der Waals surface area contributed by atoms with Gasteiger partial charge in [0.1, 0.15) is 5.82 Å². The quantitative estimate of drug-likeness (QED) is 0.458. The van der Waals surface area contributed by atoms with Crippen molar-refractivity contribution in [3.8, 4) is 0 Å². The van der Waals surface area contributed by atoms with Crippen molar-refractivity contribution < 1.29 is 9.13 Å². The van der Waals surface area contributed by atoms with Gasteiger partial charge in [0.2, 0.25) is 0 Å². The van der Waals surface area contributed by atoms with Gasteiger partial charge in [0.15, 0.2) is 5.96 Å². The maximum atomic E-state index is 13.4. The third kappa shape index (κ3) is 5.62. The summed E-state index contributed by atoms with van der Waals surface area (Å²) in [5.74, 6) is 0.258. The van der Waals surface area contributed by atoms with E-state index in [4.69, 9.17) is 10.5 Å². The molecule has 0 amide bonds. The number of nitrogens with two attached hydrogens (primary N) is 1. The van der Waals surface area contributed by atoms with Crippen LogP contribution in [-0.4, -0.2) is 31.1 Å². The van der Waals surface area contributed by atoms with Gasteiger partial charge in [-0.1, -0.05) is 6.07 Å². The first-order valence-corrected chi connectivity index (χ1v) is 6.43. The Balaban J connectivity index is 0.00000361. The SMILES string of the molecule is CCN(CC)C(N)=NCc1ccc(F)c(COC)c1.I. The number of benzene rings is 1. The summed E-state index contributed by atoms with van der Waals surface area (Å²) in [6.07, 6.45) is 0. The molecule has 1 aromatic rings. The third-order valence-electron chi connectivity index (χ3n) is 2.92. The van der Waals surface area contributed by atoms with Crippen LogP contribution in [0.4, 0.5) is 4.39 Å². The van der Waals surface area contributed by atoms with Crippen LogP contribution in [0.5, 0.6) is 0 Å². The molecule has 0 aliphatic heterocycles. The molecule has 1 aromatic carbocycles. The predicted molar refractivity (Wildman–Crippen MR) is 90.8 cm³/mol. The number of nitrogens with zero attached hydrogens (tertiary/aromatic N) is 2. The maximum Gasteiger partial charge on any atom is 0.191 e. The van der Waals surface area contributed by atoms with Crippen molar-refractivity contribution >= 4 is 29.9 Å². The number of hydrogen-bond acceptors (Lipinski definition) is 2. The van der Waals surface area contributed by atoms with Crippen molar-refractivity contribution in [1.82, 2.24) is 4.90 Å². The highest BCUT2D eigenvalue weighted by Gasteiger charge is 2.05. The van der Waals surface area contributed by atoms with Gasteiger partial charge >= 0.3 is 0 Å². The molecule has 0 unspecified atom stereocenters.